The quantitative estimate of drug-likeness (QED) is 0.628. The maximum Gasteiger partial charge on any atom is 0.317 e. The lowest BCUT2D eigenvalue weighted by Gasteiger charge is -2.38. The summed E-state index contributed by atoms with van der Waals surface area (Å²) < 4.78 is 18.1. The van der Waals surface area contributed by atoms with Gasteiger partial charge in [-0.3, -0.25) is 9.59 Å². The van der Waals surface area contributed by atoms with Crippen LogP contribution in [-0.4, -0.2) is 78.7 Å². The molecule has 2 fully saturated rings. The molecule has 0 unspecified atom stereocenters. The molecule has 0 bridgehead atoms. The zero-order valence-electron chi connectivity index (χ0n) is 18.0. The summed E-state index contributed by atoms with van der Waals surface area (Å²) in [5, 5.41) is 5.59. The van der Waals surface area contributed by atoms with Gasteiger partial charge in [-0.25, -0.2) is 9.18 Å². The molecule has 1 aromatic carbocycles. The molecule has 1 aromatic rings. The summed E-state index contributed by atoms with van der Waals surface area (Å²) >= 11 is 0. The molecule has 2 saturated heterocycles. The Balaban J connectivity index is 1.44. The topological polar surface area (TPSA) is 117 Å². The molecule has 10 heteroatoms. The molecular formula is C22H30FN5O4. The monoisotopic (exact) mass is 447 g/mol. The highest BCUT2D eigenvalue weighted by molar-refractivity contribution is 5.91. The van der Waals surface area contributed by atoms with Crippen LogP contribution in [0.15, 0.2) is 24.3 Å². The number of fused-ring (bicyclic) bond motifs is 2. The molecule has 3 aliphatic rings. The SMILES string of the molecule is N[C@H]1CN(C(=O)NCCF)CC[C@H]2CC[C@@H](C(=O)N[C@@H]3CCOc4ccccc43)N2C1=O. The summed E-state index contributed by atoms with van der Waals surface area (Å²) in [4.78, 5) is 41.7. The second-order valence-corrected chi connectivity index (χ2v) is 8.49. The van der Waals surface area contributed by atoms with Gasteiger partial charge in [0.05, 0.1) is 12.6 Å². The van der Waals surface area contributed by atoms with Gasteiger partial charge in [0.1, 0.15) is 24.5 Å². The van der Waals surface area contributed by atoms with Crippen LogP contribution in [0.4, 0.5) is 9.18 Å². The van der Waals surface area contributed by atoms with Crippen molar-refractivity contribution < 1.29 is 23.5 Å². The molecule has 0 aromatic heterocycles. The Kier molecular flexibility index (Phi) is 6.78. The molecule has 174 valence electrons. The van der Waals surface area contributed by atoms with Gasteiger partial charge in [0.25, 0.3) is 0 Å². The average molecular weight is 448 g/mol. The number of urea groups is 1. The van der Waals surface area contributed by atoms with Crippen molar-refractivity contribution >= 4 is 17.8 Å². The average Bonchev–Trinajstić information content (AvgIpc) is 3.22. The Hall–Kier alpha value is -2.88. The third kappa shape index (κ3) is 4.50. The lowest BCUT2D eigenvalue weighted by molar-refractivity contribution is -0.142. The molecule has 0 spiro atoms. The van der Waals surface area contributed by atoms with E-state index in [1.54, 1.807) is 4.90 Å². The minimum absolute atomic E-state index is 0.0296. The number of hydrogen-bond acceptors (Lipinski definition) is 5. The van der Waals surface area contributed by atoms with Crippen LogP contribution in [0, 0.1) is 0 Å². The first-order chi connectivity index (χ1) is 15.5. The highest BCUT2D eigenvalue weighted by Crippen LogP contribution is 2.33. The van der Waals surface area contributed by atoms with Gasteiger partial charge in [-0.05, 0) is 25.3 Å². The van der Waals surface area contributed by atoms with E-state index in [0.29, 0.717) is 38.8 Å². The zero-order valence-corrected chi connectivity index (χ0v) is 18.0. The Labute approximate surface area is 186 Å². The fourth-order valence-corrected chi connectivity index (χ4v) is 4.87. The van der Waals surface area contributed by atoms with Gasteiger partial charge in [-0.15, -0.1) is 0 Å². The number of amides is 4. The predicted octanol–water partition coefficient (Wildman–Crippen LogP) is 0.698. The summed E-state index contributed by atoms with van der Waals surface area (Å²) in [6.45, 7) is 0.202. The van der Waals surface area contributed by atoms with E-state index < -0.39 is 24.8 Å². The lowest BCUT2D eigenvalue weighted by Crippen LogP contribution is -2.60. The number of alkyl halides is 1. The van der Waals surface area contributed by atoms with Crippen LogP contribution in [0.5, 0.6) is 5.75 Å². The number of nitrogens with one attached hydrogen (secondary N) is 2. The van der Waals surface area contributed by atoms with Crippen LogP contribution >= 0.6 is 0 Å². The highest BCUT2D eigenvalue weighted by Gasteiger charge is 2.44. The smallest absolute Gasteiger partial charge is 0.317 e. The van der Waals surface area contributed by atoms with Crippen molar-refractivity contribution in [3.05, 3.63) is 29.8 Å². The standard InChI is InChI=1S/C22H30FN5O4/c23-9-10-25-22(31)27-11-7-14-5-6-18(28(14)21(30)16(24)13-27)20(29)26-17-8-12-32-19-4-2-1-3-15(17)19/h1-4,14,16-18H,5-13,24H2,(H,25,31)(H,26,29)/t14-,16+,17-,18+/m1/s1. The lowest BCUT2D eigenvalue weighted by atomic mass is 10.00. The Morgan fingerprint density at radius 2 is 2.00 bits per heavy atom. The number of ether oxygens (including phenoxy) is 1. The predicted molar refractivity (Wildman–Crippen MR) is 115 cm³/mol. The Morgan fingerprint density at radius 1 is 1.19 bits per heavy atom. The van der Waals surface area contributed by atoms with Crippen LogP contribution in [-0.2, 0) is 9.59 Å². The number of benzene rings is 1. The van der Waals surface area contributed by atoms with Crippen molar-refractivity contribution in [1.82, 2.24) is 20.4 Å². The third-order valence-corrected chi connectivity index (χ3v) is 6.46. The van der Waals surface area contributed by atoms with Gasteiger partial charge >= 0.3 is 6.03 Å². The summed E-state index contributed by atoms with van der Waals surface area (Å²) in [6.07, 6.45) is 2.43. The number of rotatable bonds is 4. The molecular weight excluding hydrogens is 417 g/mol. The number of carbonyl (C=O) groups excluding carboxylic acids is 3. The molecule has 4 amide bonds. The van der Waals surface area contributed by atoms with Crippen LogP contribution in [0.1, 0.15) is 37.3 Å². The van der Waals surface area contributed by atoms with Crippen molar-refractivity contribution in [3.63, 3.8) is 0 Å². The first-order valence-electron chi connectivity index (χ1n) is 11.2. The number of nitrogens with two attached hydrogens (primary N) is 1. The van der Waals surface area contributed by atoms with E-state index in [9.17, 15) is 18.8 Å². The maximum absolute atomic E-state index is 13.2. The van der Waals surface area contributed by atoms with Gasteiger partial charge < -0.3 is 30.9 Å². The normalized spacial score (nSPS) is 27.5. The second-order valence-electron chi connectivity index (χ2n) is 8.49. The number of carbonyl (C=O) groups is 3. The summed E-state index contributed by atoms with van der Waals surface area (Å²) in [7, 11) is 0. The van der Waals surface area contributed by atoms with E-state index in [1.165, 1.54) is 4.90 Å². The first kappa shape index (κ1) is 22.3. The third-order valence-electron chi connectivity index (χ3n) is 6.46. The van der Waals surface area contributed by atoms with Crippen molar-refractivity contribution in [3.8, 4) is 5.75 Å². The summed E-state index contributed by atoms with van der Waals surface area (Å²) in [6, 6.07) is 5.35. The second kappa shape index (κ2) is 9.72. The molecule has 4 atom stereocenters. The van der Waals surface area contributed by atoms with E-state index in [1.807, 2.05) is 24.3 Å². The van der Waals surface area contributed by atoms with Crippen molar-refractivity contribution in [1.29, 1.82) is 0 Å². The number of halogens is 1. The molecule has 3 aliphatic heterocycles. The van der Waals surface area contributed by atoms with Gasteiger partial charge in [-0.1, -0.05) is 18.2 Å². The highest BCUT2D eigenvalue weighted by atomic mass is 19.1. The maximum atomic E-state index is 13.2. The fraction of sp³-hybridized carbons (Fsp3) is 0.591. The molecule has 3 heterocycles. The van der Waals surface area contributed by atoms with Gasteiger partial charge in [0.15, 0.2) is 0 Å². The van der Waals surface area contributed by atoms with Crippen LogP contribution in [0.3, 0.4) is 0 Å². The molecule has 4 rings (SSSR count). The van der Waals surface area contributed by atoms with Gasteiger partial charge in [-0.2, -0.15) is 0 Å². The van der Waals surface area contributed by atoms with E-state index in [-0.39, 0.29) is 37.0 Å². The van der Waals surface area contributed by atoms with Crippen molar-refractivity contribution in [2.45, 2.75) is 49.9 Å². The van der Waals surface area contributed by atoms with Gasteiger partial charge in [0.2, 0.25) is 11.8 Å². The minimum Gasteiger partial charge on any atom is -0.493 e. The molecule has 0 radical (unpaired) electrons. The van der Waals surface area contributed by atoms with Gasteiger partial charge in [0, 0.05) is 37.7 Å². The van der Waals surface area contributed by atoms with E-state index >= 15 is 0 Å². The molecule has 0 aliphatic carbocycles. The molecule has 4 N–H and O–H groups in total. The van der Waals surface area contributed by atoms with E-state index in [2.05, 4.69) is 10.6 Å². The van der Waals surface area contributed by atoms with Crippen LogP contribution in [0.25, 0.3) is 0 Å². The Bertz CT molecular complexity index is 868. The van der Waals surface area contributed by atoms with Crippen LogP contribution in [0.2, 0.25) is 0 Å². The Morgan fingerprint density at radius 3 is 2.81 bits per heavy atom. The first-order valence-corrected chi connectivity index (χ1v) is 11.2. The molecule has 32 heavy (non-hydrogen) atoms. The molecule has 0 saturated carbocycles. The largest absolute Gasteiger partial charge is 0.493 e. The van der Waals surface area contributed by atoms with E-state index in [0.717, 1.165) is 11.3 Å². The molecule has 9 nitrogen and oxygen atoms in total. The van der Waals surface area contributed by atoms with Crippen LogP contribution < -0.4 is 21.1 Å². The summed E-state index contributed by atoms with van der Waals surface area (Å²) in [5.74, 6) is 0.250. The zero-order chi connectivity index (χ0) is 22.7. The summed E-state index contributed by atoms with van der Waals surface area (Å²) in [5.41, 5.74) is 7.07. The van der Waals surface area contributed by atoms with Crippen molar-refractivity contribution in [2.24, 2.45) is 5.73 Å². The minimum atomic E-state index is -0.939. The number of para-hydroxylation sites is 1. The van der Waals surface area contributed by atoms with E-state index in [4.69, 9.17) is 10.5 Å². The fourth-order valence-electron chi connectivity index (χ4n) is 4.87. The van der Waals surface area contributed by atoms with Crippen molar-refractivity contribution in [2.75, 3.05) is 32.9 Å². The number of hydrogen-bond donors (Lipinski definition) is 3. The number of nitrogens with zero attached hydrogens (tertiary/aromatic N) is 2.